The molecule has 0 unspecified atom stereocenters. The zero-order chi connectivity index (χ0) is 21.3. The number of carbonyl (C=O) groups is 1. The minimum absolute atomic E-state index is 0.00872. The summed E-state index contributed by atoms with van der Waals surface area (Å²) in [4.78, 5) is 40.5. The summed E-state index contributed by atoms with van der Waals surface area (Å²) in [6.45, 7) is 4.46. The van der Waals surface area contributed by atoms with Crippen LogP contribution < -0.4 is 16.6 Å². The van der Waals surface area contributed by atoms with Crippen molar-refractivity contribution in [3.63, 3.8) is 0 Å². The van der Waals surface area contributed by atoms with Crippen LogP contribution in [0.3, 0.4) is 0 Å². The predicted molar refractivity (Wildman–Crippen MR) is 118 cm³/mol. The molecule has 1 aromatic heterocycles. The first-order chi connectivity index (χ1) is 14.4. The normalized spacial score (nSPS) is 21.5. The molecule has 6 heteroatoms. The van der Waals surface area contributed by atoms with Crippen LogP contribution in [-0.2, 0) is 11.2 Å². The van der Waals surface area contributed by atoms with Crippen molar-refractivity contribution in [1.82, 2.24) is 14.9 Å². The van der Waals surface area contributed by atoms with Gasteiger partial charge < -0.3 is 10.3 Å². The van der Waals surface area contributed by atoms with E-state index in [-0.39, 0.29) is 23.9 Å². The molecule has 0 spiro atoms. The Labute approximate surface area is 174 Å². The number of hydrogen-bond acceptors (Lipinski definition) is 3. The molecule has 2 aromatic carbocycles. The second-order valence-electron chi connectivity index (χ2n) is 8.40. The lowest BCUT2D eigenvalue weighted by molar-refractivity contribution is -0.121. The maximum atomic E-state index is 12.8. The molecule has 1 amide bonds. The van der Waals surface area contributed by atoms with Gasteiger partial charge >= 0.3 is 5.69 Å². The van der Waals surface area contributed by atoms with Gasteiger partial charge in [-0.2, -0.15) is 0 Å². The average molecular weight is 405 g/mol. The zero-order valence-electron chi connectivity index (χ0n) is 17.4. The standard InChI is InChI=1S/C24H27N3O3/c1-15-6-5-9-20(16(15)2)25-22(28)14-17-10-12-18(13-11-17)27-23(29)19-7-3-4-8-21(19)26-24(27)30/h3-4,7-8,10-13,15-16,20H,5-6,9,14H2,1-2H3,(H,25,28)(H,26,30)/t15-,16+,20-/m1/s1. The Morgan fingerprint density at radius 1 is 1.07 bits per heavy atom. The van der Waals surface area contributed by atoms with Crippen molar-refractivity contribution < 1.29 is 4.79 Å². The van der Waals surface area contributed by atoms with E-state index in [2.05, 4.69) is 24.1 Å². The molecule has 0 bridgehead atoms. The van der Waals surface area contributed by atoms with Gasteiger partial charge in [0.2, 0.25) is 5.91 Å². The number of hydrogen-bond donors (Lipinski definition) is 2. The number of fused-ring (bicyclic) bond motifs is 1. The van der Waals surface area contributed by atoms with E-state index in [4.69, 9.17) is 0 Å². The highest BCUT2D eigenvalue weighted by Gasteiger charge is 2.28. The first kappa shape index (κ1) is 20.1. The molecule has 2 N–H and O–H groups in total. The zero-order valence-corrected chi connectivity index (χ0v) is 17.4. The van der Waals surface area contributed by atoms with Crippen molar-refractivity contribution in [1.29, 1.82) is 0 Å². The highest BCUT2D eigenvalue weighted by atomic mass is 16.2. The Morgan fingerprint density at radius 3 is 2.57 bits per heavy atom. The van der Waals surface area contributed by atoms with Crippen LogP contribution in [0.5, 0.6) is 0 Å². The number of H-pyrrole nitrogens is 1. The molecular weight excluding hydrogens is 378 g/mol. The third-order valence-electron chi connectivity index (χ3n) is 6.42. The monoisotopic (exact) mass is 405 g/mol. The van der Waals surface area contributed by atoms with E-state index in [9.17, 15) is 14.4 Å². The largest absolute Gasteiger partial charge is 0.353 e. The quantitative estimate of drug-likeness (QED) is 0.699. The van der Waals surface area contributed by atoms with Crippen molar-refractivity contribution >= 4 is 16.8 Å². The molecule has 1 aliphatic rings. The Bertz CT molecular complexity index is 1180. The lowest BCUT2D eigenvalue weighted by Crippen LogP contribution is -2.44. The van der Waals surface area contributed by atoms with Gasteiger partial charge in [-0.15, -0.1) is 0 Å². The third-order valence-corrected chi connectivity index (χ3v) is 6.42. The molecule has 1 heterocycles. The number of aromatic nitrogens is 2. The minimum atomic E-state index is -0.482. The topological polar surface area (TPSA) is 84.0 Å². The van der Waals surface area contributed by atoms with Crippen LogP contribution in [0.4, 0.5) is 0 Å². The number of amides is 1. The fourth-order valence-electron chi connectivity index (χ4n) is 4.39. The van der Waals surface area contributed by atoms with Gasteiger partial charge in [-0.1, -0.05) is 51.0 Å². The molecular formula is C24H27N3O3. The number of para-hydroxylation sites is 1. The average Bonchev–Trinajstić information content (AvgIpc) is 2.73. The lowest BCUT2D eigenvalue weighted by Gasteiger charge is -2.34. The van der Waals surface area contributed by atoms with Crippen LogP contribution in [0.1, 0.15) is 38.7 Å². The van der Waals surface area contributed by atoms with E-state index in [1.54, 1.807) is 48.5 Å². The maximum absolute atomic E-state index is 12.8. The number of benzene rings is 2. The summed E-state index contributed by atoms with van der Waals surface area (Å²) < 4.78 is 1.12. The summed E-state index contributed by atoms with van der Waals surface area (Å²) in [6, 6.07) is 14.2. The van der Waals surface area contributed by atoms with E-state index in [1.165, 1.54) is 6.42 Å². The van der Waals surface area contributed by atoms with Crippen LogP contribution in [0.15, 0.2) is 58.1 Å². The van der Waals surface area contributed by atoms with Gasteiger partial charge in [-0.3, -0.25) is 9.59 Å². The number of nitrogens with one attached hydrogen (secondary N) is 2. The molecule has 156 valence electrons. The summed E-state index contributed by atoms with van der Waals surface area (Å²) in [5, 5.41) is 3.64. The van der Waals surface area contributed by atoms with Gasteiger partial charge in [0, 0.05) is 6.04 Å². The molecule has 1 aliphatic carbocycles. The van der Waals surface area contributed by atoms with Gasteiger partial charge in [0.05, 0.1) is 23.0 Å². The van der Waals surface area contributed by atoms with Gasteiger partial charge in [0.15, 0.2) is 0 Å². The second kappa shape index (κ2) is 8.30. The van der Waals surface area contributed by atoms with Crippen LogP contribution in [0.25, 0.3) is 16.6 Å². The molecule has 3 aromatic rings. The van der Waals surface area contributed by atoms with Gasteiger partial charge in [0.25, 0.3) is 5.56 Å². The van der Waals surface area contributed by atoms with E-state index in [0.717, 1.165) is 23.0 Å². The summed E-state index contributed by atoms with van der Waals surface area (Å²) in [7, 11) is 0. The smallest absolute Gasteiger partial charge is 0.333 e. The van der Waals surface area contributed by atoms with Crippen LogP contribution in [-0.4, -0.2) is 21.5 Å². The van der Waals surface area contributed by atoms with E-state index in [1.807, 2.05) is 0 Å². The molecule has 3 atom stereocenters. The number of carbonyl (C=O) groups excluding carboxylic acids is 1. The molecule has 30 heavy (non-hydrogen) atoms. The van der Waals surface area contributed by atoms with Crippen molar-refractivity contribution in [3.05, 3.63) is 74.9 Å². The lowest BCUT2D eigenvalue weighted by atomic mass is 9.78. The molecule has 1 fully saturated rings. The van der Waals surface area contributed by atoms with E-state index in [0.29, 0.717) is 28.4 Å². The van der Waals surface area contributed by atoms with E-state index < -0.39 is 5.69 Å². The number of nitrogens with zero attached hydrogens (tertiary/aromatic N) is 1. The Morgan fingerprint density at radius 2 is 1.80 bits per heavy atom. The third kappa shape index (κ3) is 3.95. The Balaban J connectivity index is 1.51. The number of aromatic amines is 1. The van der Waals surface area contributed by atoms with Gasteiger partial charge in [-0.05, 0) is 48.1 Å². The van der Waals surface area contributed by atoms with Crippen LogP contribution in [0.2, 0.25) is 0 Å². The fraction of sp³-hybridized carbons (Fsp3) is 0.375. The molecule has 6 nitrogen and oxygen atoms in total. The molecule has 1 saturated carbocycles. The molecule has 0 radical (unpaired) electrons. The summed E-state index contributed by atoms with van der Waals surface area (Å²) >= 11 is 0. The summed E-state index contributed by atoms with van der Waals surface area (Å²) in [6.07, 6.45) is 3.69. The molecule has 4 rings (SSSR count). The van der Waals surface area contributed by atoms with Crippen molar-refractivity contribution in [3.8, 4) is 5.69 Å². The first-order valence-corrected chi connectivity index (χ1v) is 10.6. The highest BCUT2D eigenvalue weighted by molar-refractivity contribution is 5.79. The SMILES string of the molecule is C[C@H]1[C@H](C)CCC[C@H]1NC(=O)Cc1ccc(-n2c(=O)[nH]c3ccccc3c2=O)cc1. The summed E-state index contributed by atoms with van der Waals surface area (Å²) in [5.41, 5.74) is 0.997. The minimum Gasteiger partial charge on any atom is -0.353 e. The van der Waals surface area contributed by atoms with Crippen LogP contribution in [0, 0.1) is 11.8 Å². The Hall–Kier alpha value is -3.15. The number of rotatable bonds is 4. The molecule has 0 aliphatic heterocycles. The van der Waals surface area contributed by atoms with Crippen molar-refractivity contribution in [2.24, 2.45) is 11.8 Å². The second-order valence-corrected chi connectivity index (χ2v) is 8.40. The van der Waals surface area contributed by atoms with E-state index >= 15 is 0 Å². The predicted octanol–water partition coefficient (Wildman–Crippen LogP) is 3.16. The van der Waals surface area contributed by atoms with Crippen molar-refractivity contribution in [2.45, 2.75) is 45.6 Å². The van der Waals surface area contributed by atoms with Gasteiger partial charge in [-0.25, -0.2) is 9.36 Å². The fourth-order valence-corrected chi connectivity index (χ4v) is 4.39. The Kier molecular flexibility index (Phi) is 5.57. The molecule has 0 saturated heterocycles. The maximum Gasteiger partial charge on any atom is 0.333 e. The van der Waals surface area contributed by atoms with Crippen molar-refractivity contribution in [2.75, 3.05) is 0 Å². The van der Waals surface area contributed by atoms with Crippen LogP contribution >= 0.6 is 0 Å². The highest BCUT2D eigenvalue weighted by Crippen LogP contribution is 2.29. The first-order valence-electron chi connectivity index (χ1n) is 10.6. The summed E-state index contributed by atoms with van der Waals surface area (Å²) in [5.74, 6) is 1.12. The van der Waals surface area contributed by atoms with Gasteiger partial charge in [0.1, 0.15) is 0 Å².